The van der Waals surface area contributed by atoms with Gasteiger partial charge in [-0.1, -0.05) is 38.0 Å². The first-order valence-electron chi connectivity index (χ1n) is 10.8. The predicted molar refractivity (Wildman–Crippen MR) is 122 cm³/mol. The van der Waals surface area contributed by atoms with Crippen LogP contribution in [0.3, 0.4) is 0 Å². The van der Waals surface area contributed by atoms with Crippen molar-refractivity contribution >= 4 is 11.6 Å². The average Bonchev–Trinajstić information content (AvgIpc) is 3.19. The van der Waals surface area contributed by atoms with Crippen LogP contribution in [0.5, 0.6) is 0 Å². The highest BCUT2D eigenvalue weighted by Gasteiger charge is 2.21. The van der Waals surface area contributed by atoms with Crippen molar-refractivity contribution in [3.63, 3.8) is 0 Å². The third-order valence-corrected chi connectivity index (χ3v) is 5.49. The molecule has 6 nitrogen and oxygen atoms in total. The van der Waals surface area contributed by atoms with Crippen molar-refractivity contribution in [2.45, 2.75) is 46.2 Å². The van der Waals surface area contributed by atoms with Crippen molar-refractivity contribution in [3.05, 3.63) is 99.1 Å². The lowest BCUT2D eigenvalue weighted by Gasteiger charge is -2.24. The number of rotatable bonds is 10. The molecule has 2 aromatic carbocycles. The van der Waals surface area contributed by atoms with Gasteiger partial charge in [0.05, 0.1) is 11.5 Å². The van der Waals surface area contributed by atoms with Gasteiger partial charge in [0.1, 0.15) is 5.82 Å². The van der Waals surface area contributed by atoms with E-state index in [4.69, 9.17) is 0 Å². The maximum absolute atomic E-state index is 13.6. The van der Waals surface area contributed by atoms with Crippen LogP contribution in [-0.4, -0.2) is 26.8 Å². The highest BCUT2D eigenvalue weighted by Crippen LogP contribution is 2.21. The molecule has 0 atom stereocenters. The molecule has 0 radical (unpaired) electrons. The molecule has 0 aliphatic heterocycles. The van der Waals surface area contributed by atoms with Gasteiger partial charge in [-0.25, -0.2) is 4.39 Å². The first-order chi connectivity index (χ1) is 15.4. The summed E-state index contributed by atoms with van der Waals surface area (Å²) < 4.78 is 15.6. The van der Waals surface area contributed by atoms with Gasteiger partial charge in [-0.05, 0) is 49.2 Å². The van der Waals surface area contributed by atoms with E-state index < -0.39 is 4.92 Å². The number of halogens is 1. The maximum Gasteiger partial charge on any atom is 0.273 e. The lowest BCUT2D eigenvalue weighted by molar-refractivity contribution is -0.385. The number of aromatic nitrogens is 1. The molecule has 0 saturated heterocycles. The maximum atomic E-state index is 13.6. The molecule has 0 N–H and O–H groups in total. The van der Waals surface area contributed by atoms with Crippen molar-refractivity contribution in [1.29, 1.82) is 0 Å². The van der Waals surface area contributed by atoms with Crippen LogP contribution >= 0.6 is 0 Å². The lowest BCUT2D eigenvalue weighted by atomic mass is 10.1. The topological polar surface area (TPSA) is 68.4 Å². The largest absolute Gasteiger partial charge is 0.345 e. The normalized spacial score (nSPS) is 10.8. The van der Waals surface area contributed by atoms with Crippen molar-refractivity contribution in [3.8, 4) is 0 Å². The second-order valence-electron chi connectivity index (χ2n) is 7.95. The summed E-state index contributed by atoms with van der Waals surface area (Å²) in [4.78, 5) is 25.9. The third-order valence-electron chi connectivity index (χ3n) is 5.49. The summed E-state index contributed by atoms with van der Waals surface area (Å²) in [5, 5.41) is 11.3. The Kier molecular flexibility index (Phi) is 7.76. The number of hydrogen-bond donors (Lipinski definition) is 0. The summed E-state index contributed by atoms with van der Waals surface area (Å²) in [6.45, 7) is 5.17. The zero-order valence-electron chi connectivity index (χ0n) is 18.5. The van der Waals surface area contributed by atoms with E-state index in [0.717, 1.165) is 30.5 Å². The number of unbranched alkanes of at least 4 members (excludes halogenated alkanes) is 2. The first kappa shape index (κ1) is 23.2. The number of nitrogens with zero attached hydrogens (tertiary/aromatic N) is 3. The second kappa shape index (κ2) is 10.7. The zero-order chi connectivity index (χ0) is 23.1. The van der Waals surface area contributed by atoms with Gasteiger partial charge in [-0.2, -0.15) is 0 Å². The van der Waals surface area contributed by atoms with E-state index >= 15 is 0 Å². The molecule has 7 heteroatoms. The molecular weight excluding hydrogens is 409 g/mol. The Morgan fingerprint density at radius 1 is 1.12 bits per heavy atom. The number of amides is 1. The van der Waals surface area contributed by atoms with Gasteiger partial charge < -0.3 is 9.47 Å². The summed E-state index contributed by atoms with van der Waals surface area (Å²) >= 11 is 0. The van der Waals surface area contributed by atoms with Crippen LogP contribution in [0.2, 0.25) is 0 Å². The van der Waals surface area contributed by atoms with Gasteiger partial charge in [-0.15, -0.1) is 0 Å². The van der Waals surface area contributed by atoms with Crippen LogP contribution in [-0.2, 0) is 13.1 Å². The smallest absolute Gasteiger partial charge is 0.273 e. The second-order valence-corrected chi connectivity index (χ2v) is 7.95. The fourth-order valence-electron chi connectivity index (χ4n) is 3.70. The Balaban J connectivity index is 1.84. The van der Waals surface area contributed by atoms with E-state index in [1.807, 2.05) is 29.0 Å². The monoisotopic (exact) mass is 437 g/mol. The van der Waals surface area contributed by atoms with Crippen molar-refractivity contribution in [2.75, 3.05) is 6.54 Å². The van der Waals surface area contributed by atoms with Crippen molar-refractivity contribution < 1.29 is 14.1 Å². The molecule has 32 heavy (non-hydrogen) atoms. The molecule has 3 rings (SSSR count). The number of benzene rings is 2. The van der Waals surface area contributed by atoms with Crippen LogP contribution in [0.4, 0.5) is 10.1 Å². The fourth-order valence-corrected chi connectivity index (χ4v) is 3.70. The van der Waals surface area contributed by atoms with E-state index in [9.17, 15) is 19.3 Å². The Labute approximate surface area is 187 Å². The number of nitro groups is 1. The van der Waals surface area contributed by atoms with Crippen LogP contribution < -0.4 is 0 Å². The molecule has 0 bridgehead atoms. The summed E-state index contributed by atoms with van der Waals surface area (Å²) in [5.41, 5.74) is 2.52. The molecule has 0 fully saturated rings. The summed E-state index contributed by atoms with van der Waals surface area (Å²) in [6.07, 6.45) is 4.77. The number of aryl methyl sites for hydroxylation is 1. The minimum absolute atomic E-state index is 0.0566. The average molecular weight is 438 g/mol. The molecule has 168 valence electrons. The molecule has 0 aliphatic carbocycles. The van der Waals surface area contributed by atoms with Crippen molar-refractivity contribution in [1.82, 2.24) is 9.47 Å². The Morgan fingerprint density at radius 3 is 2.66 bits per heavy atom. The molecule has 1 heterocycles. The minimum atomic E-state index is -0.461. The molecule has 0 spiro atoms. The minimum Gasteiger partial charge on any atom is -0.345 e. The Bertz CT molecular complexity index is 1090. The number of carbonyl (C=O) groups excluding carboxylic acids is 1. The number of hydrogen-bond acceptors (Lipinski definition) is 3. The quantitative estimate of drug-likeness (QED) is 0.231. The van der Waals surface area contributed by atoms with E-state index in [1.165, 1.54) is 18.2 Å². The van der Waals surface area contributed by atoms with Gasteiger partial charge in [0, 0.05) is 42.2 Å². The fraction of sp³-hybridized carbons (Fsp3) is 0.320. The summed E-state index contributed by atoms with van der Waals surface area (Å²) in [7, 11) is 0. The molecular formula is C25H28FN3O3. The van der Waals surface area contributed by atoms with Gasteiger partial charge in [-0.3, -0.25) is 14.9 Å². The van der Waals surface area contributed by atoms with Crippen LogP contribution in [0.15, 0.2) is 60.8 Å². The molecule has 0 saturated carbocycles. The van der Waals surface area contributed by atoms with Crippen LogP contribution in [0.1, 0.15) is 53.4 Å². The van der Waals surface area contributed by atoms with Gasteiger partial charge in [0.15, 0.2) is 0 Å². The lowest BCUT2D eigenvalue weighted by Crippen LogP contribution is -2.32. The van der Waals surface area contributed by atoms with Crippen molar-refractivity contribution in [2.24, 2.45) is 0 Å². The highest BCUT2D eigenvalue weighted by atomic mass is 19.1. The standard InChI is InChI=1S/C25H28FN3O3/c1-3-4-5-13-28(25(30)21-12-11-19(2)24(16-21)29(31)32)18-23-10-7-14-27(23)17-20-8-6-9-22(26)15-20/h6-12,14-16H,3-5,13,17-18H2,1-2H3. The number of carbonyl (C=O) groups is 1. The molecule has 3 aromatic rings. The van der Waals surface area contributed by atoms with Gasteiger partial charge >= 0.3 is 0 Å². The van der Waals surface area contributed by atoms with Gasteiger partial charge in [0.2, 0.25) is 0 Å². The Morgan fingerprint density at radius 2 is 1.94 bits per heavy atom. The highest BCUT2D eigenvalue weighted by molar-refractivity contribution is 5.95. The van der Waals surface area contributed by atoms with E-state index in [-0.39, 0.29) is 17.4 Å². The van der Waals surface area contributed by atoms with E-state index in [2.05, 4.69) is 6.92 Å². The SMILES string of the molecule is CCCCCN(Cc1cccn1Cc1cccc(F)c1)C(=O)c1ccc(C)c([N+](=O)[O-])c1. The number of nitro benzene ring substituents is 1. The van der Waals surface area contributed by atoms with Crippen LogP contribution in [0.25, 0.3) is 0 Å². The van der Waals surface area contributed by atoms with E-state index in [0.29, 0.717) is 30.8 Å². The Hall–Kier alpha value is -3.48. The van der Waals surface area contributed by atoms with Gasteiger partial charge in [0.25, 0.3) is 11.6 Å². The predicted octanol–water partition coefficient (Wildman–Crippen LogP) is 5.72. The summed E-state index contributed by atoms with van der Waals surface area (Å²) in [6, 6.07) is 14.9. The molecule has 0 aliphatic rings. The van der Waals surface area contributed by atoms with Crippen LogP contribution in [0, 0.1) is 22.9 Å². The summed E-state index contributed by atoms with van der Waals surface area (Å²) in [5.74, 6) is -0.517. The zero-order valence-corrected chi connectivity index (χ0v) is 18.5. The molecule has 0 unspecified atom stereocenters. The molecule has 1 aromatic heterocycles. The van der Waals surface area contributed by atoms with E-state index in [1.54, 1.807) is 30.0 Å². The third kappa shape index (κ3) is 5.81. The first-order valence-corrected chi connectivity index (χ1v) is 10.8. The molecule has 1 amide bonds.